The molecule has 1 rings (SSSR count). The number of amides is 1. The van der Waals surface area contributed by atoms with E-state index >= 15 is 0 Å². The summed E-state index contributed by atoms with van der Waals surface area (Å²) >= 11 is 0. The van der Waals surface area contributed by atoms with Crippen LogP contribution in [-0.4, -0.2) is 48.0 Å². The molecule has 0 spiro atoms. The minimum absolute atomic E-state index is 0.0771. The summed E-state index contributed by atoms with van der Waals surface area (Å²) in [5.41, 5.74) is -1.33. The first-order valence-electron chi connectivity index (χ1n) is 7.21. The van der Waals surface area contributed by atoms with E-state index in [4.69, 9.17) is 14.2 Å². The van der Waals surface area contributed by atoms with Crippen molar-refractivity contribution in [3.63, 3.8) is 0 Å². The van der Waals surface area contributed by atoms with Crippen LogP contribution in [0.5, 0.6) is 0 Å². The fraction of sp³-hybridized carbons (Fsp3) is 0.867. The van der Waals surface area contributed by atoms with Crippen molar-refractivity contribution in [2.24, 2.45) is 5.92 Å². The van der Waals surface area contributed by atoms with Crippen molar-refractivity contribution < 1.29 is 23.8 Å². The van der Waals surface area contributed by atoms with Crippen molar-refractivity contribution in [1.29, 1.82) is 0 Å². The summed E-state index contributed by atoms with van der Waals surface area (Å²) < 4.78 is 15.9. The predicted octanol–water partition coefficient (Wildman–Crippen LogP) is 2.56. The van der Waals surface area contributed by atoms with Gasteiger partial charge < -0.3 is 14.2 Å². The number of esters is 1. The van der Waals surface area contributed by atoms with Gasteiger partial charge in [-0.25, -0.2) is 4.79 Å². The maximum atomic E-state index is 12.5. The Morgan fingerprint density at radius 3 is 2.43 bits per heavy atom. The molecule has 1 saturated heterocycles. The summed E-state index contributed by atoms with van der Waals surface area (Å²) in [7, 11) is 1.36. The molecule has 2 atom stereocenters. The SMILES string of the molecule is COC(=O)C[C@H](C)[C@H]1COC(C)(C)N1C(=O)OC(C)(C)C. The molecule has 0 unspecified atom stereocenters. The lowest BCUT2D eigenvalue weighted by Gasteiger charge is -2.36. The third kappa shape index (κ3) is 4.59. The first kappa shape index (κ1) is 17.8. The highest BCUT2D eigenvalue weighted by Crippen LogP contribution is 2.33. The Labute approximate surface area is 126 Å². The Morgan fingerprint density at radius 1 is 1.38 bits per heavy atom. The van der Waals surface area contributed by atoms with Crippen LogP contribution in [-0.2, 0) is 19.0 Å². The van der Waals surface area contributed by atoms with Crippen molar-refractivity contribution in [2.75, 3.05) is 13.7 Å². The minimum atomic E-state index is -0.753. The van der Waals surface area contributed by atoms with Crippen molar-refractivity contribution in [3.8, 4) is 0 Å². The molecule has 1 heterocycles. The molecular weight excluding hydrogens is 274 g/mol. The molecule has 0 N–H and O–H groups in total. The van der Waals surface area contributed by atoms with Gasteiger partial charge in [-0.2, -0.15) is 0 Å². The highest BCUT2D eigenvalue weighted by atomic mass is 16.6. The third-order valence-corrected chi connectivity index (χ3v) is 3.48. The number of carbonyl (C=O) groups is 2. The number of carbonyl (C=O) groups excluding carboxylic acids is 2. The van der Waals surface area contributed by atoms with Crippen LogP contribution < -0.4 is 0 Å². The van der Waals surface area contributed by atoms with Gasteiger partial charge in [0.25, 0.3) is 0 Å². The predicted molar refractivity (Wildman–Crippen MR) is 77.7 cm³/mol. The van der Waals surface area contributed by atoms with Gasteiger partial charge in [0.05, 0.1) is 26.2 Å². The molecule has 1 amide bonds. The molecule has 1 aliphatic heterocycles. The summed E-state index contributed by atoms with van der Waals surface area (Å²) in [4.78, 5) is 25.5. The molecule has 0 saturated carbocycles. The zero-order valence-corrected chi connectivity index (χ0v) is 14.1. The zero-order valence-electron chi connectivity index (χ0n) is 14.1. The molecule has 0 aromatic carbocycles. The van der Waals surface area contributed by atoms with Crippen molar-refractivity contribution in [2.45, 2.75) is 65.3 Å². The standard InChI is InChI=1S/C15H27NO5/c1-10(8-12(17)19-7)11-9-20-15(5,6)16(11)13(18)21-14(2,3)4/h10-11H,8-9H2,1-7H3/t10-,11+/m0/s1. The molecule has 6 nitrogen and oxygen atoms in total. The Hall–Kier alpha value is -1.30. The Kier molecular flexibility index (Phi) is 5.25. The van der Waals surface area contributed by atoms with Crippen LogP contribution in [0.25, 0.3) is 0 Å². The quantitative estimate of drug-likeness (QED) is 0.750. The van der Waals surface area contributed by atoms with Crippen LogP contribution in [0.4, 0.5) is 4.79 Å². The smallest absolute Gasteiger partial charge is 0.412 e. The fourth-order valence-corrected chi connectivity index (χ4v) is 2.40. The molecule has 1 fully saturated rings. The first-order chi connectivity index (χ1) is 9.48. The van der Waals surface area contributed by atoms with Crippen LogP contribution in [0, 0.1) is 5.92 Å². The largest absolute Gasteiger partial charge is 0.469 e. The number of hydrogen-bond acceptors (Lipinski definition) is 5. The van der Waals surface area contributed by atoms with Crippen molar-refractivity contribution in [1.82, 2.24) is 4.90 Å². The van der Waals surface area contributed by atoms with Gasteiger partial charge in [0.1, 0.15) is 11.3 Å². The van der Waals surface area contributed by atoms with Crippen LogP contribution >= 0.6 is 0 Å². The summed E-state index contributed by atoms with van der Waals surface area (Å²) in [6, 6.07) is -0.214. The number of methoxy groups -OCH3 is 1. The van der Waals surface area contributed by atoms with Gasteiger partial charge in [0, 0.05) is 0 Å². The maximum absolute atomic E-state index is 12.5. The highest BCUT2D eigenvalue weighted by Gasteiger charge is 2.47. The van der Waals surface area contributed by atoms with Crippen molar-refractivity contribution in [3.05, 3.63) is 0 Å². The first-order valence-corrected chi connectivity index (χ1v) is 7.21. The summed E-state index contributed by atoms with van der Waals surface area (Å²) in [6.45, 7) is 11.4. The van der Waals surface area contributed by atoms with Crippen LogP contribution in [0.2, 0.25) is 0 Å². The highest BCUT2D eigenvalue weighted by molar-refractivity contribution is 5.71. The average molecular weight is 301 g/mol. The topological polar surface area (TPSA) is 65.1 Å². The number of hydrogen-bond donors (Lipinski definition) is 0. The molecule has 122 valence electrons. The van der Waals surface area contributed by atoms with Gasteiger partial charge in [-0.05, 0) is 40.5 Å². The molecule has 21 heavy (non-hydrogen) atoms. The molecule has 1 aliphatic rings. The Morgan fingerprint density at radius 2 is 1.95 bits per heavy atom. The second-order valence-corrected chi connectivity index (χ2v) is 6.93. The lowest BCUT2D eigenvalue weighted by atomic mass is 9.97. The molecule has 0 aromatic heterocycles. The summed E-state index contributed by atoms with van der Waals surface area (Å²) in [5.74, 6) is -0.372. The van der Waals surface area contributed by atoms with E-state index in [1.807, 2.05) is 41.5 Å². The molecule has 0 aliphatic carbocycles. The second-order valence-electron chi connectivity index (χ2n) is 6.93. The monoisotopic (exact) mass is 301 g/mol. The zero-order chi connectivity index (χ0) is 16.4. The number of rotatable bonds is 3. The normalized spacial score (nSPS) is 22.8. The molecular formula is C15H27NO5. The number of ether oxygens (including phenoxy) is 3. The molecule has 0 bridgehead atoms. The van der Waals surface area contributed by atoms with Crippen LogP contribution in [0.15, 0.2) is 0 Å². The Balaban J connectivity index is 2.88. The summed E-state index contributed by atoms with van der Waals surface area (Å²) in [6.07, 6.45) is -0.188. The maximum Gasteiger partial charge on any atom is 0.412 e. The van der Waals surface area contributed by atoms with E-state index in [-0.39, 0.29) is 24.3 Å². The Bertz CT molecular complexity index is 399. The number of nitrogens with zero attached hydrogens (tertiary/aromatic N) is 1. The van der Waals surface area contributed by atoms with Gasteiger partial charge >= 0.3 is 12.1 Å². The van der Waals surface area contributed by atoms with E-state index in [0.717, 1.165) is 0 Å². The third-order valence-electron chi connectivity index (χ3n) is 3.48. The lowest BCUT2D eigenvalue weighted by Crippen LogP contribution is -2.51. The molecule has 0 radical (unpaired) electrons. The minimum Gasteiger partial charge on any atom is -0.469 e. The van der Waals surface area contributed by atoms with Crippen LogP contribution in [0.3, 0.4) is 0 Å². The lowest BCUT2D eigenvalue weighted by molar-refractivity contribution is -0.142. The van der Waals surface area contributed by atoms with E-state index in [1.54, 1.807) is 4.90 Å². The fourth-order valence-electron chi connectivity index (χ4n) is 2.40. The van der Waals surface area contributed by atoms with Gasteiger partial charge in [0.2, 0.25) is 0 Å². The van der Waals surface area contributed by atoms with Gasteiger partial charge in [-0.15, -0.1) is 0 Å². The van der Waals surface area contributed by atoms with Crippen molar-refractivity contribution >= 4 is 12.1 Å². The van der Waals surface area contributed by atoms with E-state index in [9.17, 15) is 9.59 Å². The molecule has 0 aromatic rings. The van der Waals surface area contributed by atoms with E-state index in [1.165, 1.54) is 7.11 Å². The summed E-state index contributed by atoms with van der Waals surface area (Å²) in [5, 5.41) is 0. The van der Waals surface area contributed by atoms with Crippen LogP contribution in [0.1, 0.15) is 48.0 Å². The van der Waals surface area contributed by atoms with Gasteiger partial charge in [-0.1, -0.05) is 6.92 Å². The van der Waals surface area contributed by atoms with E-state index in [0.29, 0.717) is 6.61 Å². The second kappa shape index (κ2) is 6.22. The van der Waals surface area contributed by atoms with E-state index in [2.05, 4.69) is 0 Å². The van der Waals surface area contributed by atoms with E-state index < -0.39 is 17.4 Å². The average Bonchev–Trinajstić information content (AvgIpc) is 2.62. The van der Waals surface area contributed by atoms with Gasteiger partial charge in [-0.3, -0.25) is 9.69 Å². The van der Waals surface area contributed by atoms with Gasteiger partial charge in [0.15, 0.2) is 0 Å². The molecule has 6 heteroatoms.